The monoisotopic (exact) mass is 196 g/mol. The average Bonchev–Trinajstić information content (AvgIpc) is 2.61. The molecule has 0 saturated carbocycles. The Hall–Kier alpha value is -0.870. The minimum absolute atomic E-state index is 0.0839. The van der Waals surface area contributed by atoms with Crippen molar-refractivity contribution in [1.82, 2.24) is 9.78 Å². The van der Waals surface area contributed by atoms with E-state index >= 15 is 0 Å². The molecule has 0 atom stereocenters. The lowest BCUT2D eigenvalue weighted by atomic mass is 9.94. The second-order valence-corrected chi connectivity index (χ2v) is 3.76. The predicted octanol–water partition coefficient (Wildman–Crippen LogP) is 0.806. The Morgan fingerprint density at radius 3 is 2.93 bits per heavy atom. The lowest BCUT2D eigenvalue weighted by molar-refractivity contribution is 0.0839. The zero-order chi connectivity index (χ0) is 9.97. The van der Waals surface area contributed by atoms with Gasteiger partial charge >= 0.3 is 0 Å². The highest BCUT2D eigenvalue weighted by atomic mass is 16.5. The third-order valence-corrected chi connectivity index (χ3v) is 2.72. The SMILES string of the molecule is Cn1cc(CO)c(C2CCOCC2)n1. The van der Waals surface area contributed by atoms with Crippen LogP contribution in [0.15, 0.2) is 6.20 Å². The van der Waals surface area contributed by atoms with Gasteiger partial charge in [-0.05, 0) is 12.8 Å². The zero-order valence-electron chi connectivity index (χ0n) is 8.44. The highest BCUT2D eigenvalue weighted by molar-refractivity contribution is 5.20. The summed E-state index contributed by atoms with van der Waals surface area (Å²) in [6, 6.07) is 0. The molecule has 0 bridgehead atoms. The van der Waals surface area contributed by atoms with E-state index in [0.29, 0.717) is 5.92 Å². The predicted molar refractivity (Wildman–Crippen MR) is 51.9 cm³/mol. The maximum atomic E-state index is 9.18. The van der Waals surface area contributed by atoms with Crippen molar-refractivity contribution in [1.29, 1.82) is 0 Å². The molecule has 1 N–H and O–H groups in total. The molecule has 0 radical (unpaired) electrons. The zero-order valence-corrected chi connectivity index (χ0v) is 8.44. The van der Waals surface area contributed by atoms with Crippen molar-refractivity contribution in [2.75, 3.05) is 13.2 Å². The minimum Gasteiger partial charge on any atom is -0.392 e. The first-order valence-electron chi connectivity index (χ1n) is 5.02. The first kappa shape index (κ1) is 9.68. The molecule has 0 unspecified atom stereocenters. The Morgan fingerprint density at radius 2 is 2.29 bits per heavy atom. The minimum atomic E-state index is 0.0839. The molecule has 2 heterocycles. The van der Waals surface area contributed by atoms with Crippen LogP contribution in [0.25, 0.3) is 0 Å². The summed E-state index contributed by atoms with van der Waals surface area (Å²) < 4.78 is 7.08. The van der Waals surface area contributed by atoms with Crippen molar-refractivity contribution in [3.8, 4) is 0 Å². The van der Waals surface area contributed by atoms with E-state index in [0.717, 1.165) is 37.3 Å². The maximum absolute atomic E-state index is 9.18. The fourth-order valence-corrected chi connectivity index (χ4v) is 1.99. The lowest BCUT2D eigenvalue weighted by Crippen LogP contribution is -2.15. The van der Waals surface area contributed by atoms with Gasteiger partial charge in [-0.25, -0.2) is 0 Å². The molecule has 0 aromatic carbocycles. The second kappa shape index (κ2) is 4.11. The number of ether oxygens (including phenoxy) is 1. The molecular weight excluding hydrogens is 180 g/mol. The highest BCUT2D eigenvalue weighted by Gasteiger charge is 2.21. The molecule has 1 fully saturated rings. The molecule has 0 aliphatic carbocycles. The molecule has 4 heteroatoms. The number of aliphatic hydroxyl groups is 1. The summed E-state index contributed by atoms with van der Waals surface area (Å²) in [6.45, 7) is 1.71. The van der Waals surface area contributed by atoms with E-state index in [1.54, 1.807) is 4.68 Å². The number of hydrogen-bond acceptors (Lipinski definition) is 3. The molecular formula is C10H16N2O2. The number of nitrogens with zero attached hydrogens (tertiary/aromatic N) is 2. The van der Waals surface area contributed by atoms with Crippen LogP contribution in [0, 0.1) is 0 Å². The van der Waals surface area contributed by atoms with Gasteiger partial charge in [0.2, 0.25) is 0 Å². The van der Waals surface area contributed by atoms with Crippen molar-refractivity contribution >= 4 is 0 Å². The normalized spacial score (nSPS) is 18.7. The van der Waals surface area contributed by atoms with Crippen LogP contribution >= 0.6 is 0 Å². The van der Waals surface area contributed by atoms with Crippen LogP contribution in [0.1, 0.15) is 30.0 Å². The molecule has 4 nitrogen and oxygen atoms in total. The largest absolute Gasteiger partial charge is 0.392 e. The summed E-state index contributed by atoms with van der Waals surface area (Å²) in [7, 11) is 1.89. The van der Waals surface area contributed by atoms with E-state index in [1.807, 2.05) is 13.2 Å². The highest BCUT2D eigenvalue weighted by Crippen LogP contribution is 2.27. The van der Waals surface area contributed by atoms with Gasteiger partial charge in [0.1, 0.15) is 0 Å². The van der Waals surface area contributed by atoms with Crippen LogP contribution in [0.3, 0.4) is 0 Å². The van der Waals surface area contributed by atoms with Crippen LogP contribution in [0.5, 0.6) is 0 Å². The van der Waals surface area contributed by atoms with E-state index in [2.05, 4.69) is 5.10 Å². The Kier molecular flexibility index (Phi) is 2.84. The molecule has 1 aliphatic rings. The molecule has 2 rings (SSSR count). The summed E-state index contributed by atoms with van der Waals surface area (Å²) in [5.41, 5.74) is 2.01. The van der Waals surface area contributed by atoms with Gasteiger partial charge in [-0.15, -0.1) is 0 Å². The third kappa shape index (κ3) is 1.81. The van der Waals surface area contributed by atoms with E-state index < -0.39 is 0 Å². The number of hydrogen-bond donors (Lipinski definition) is 1. The molecule has 78 valence electrons. The first-order chi connectivity index (χ1) is 6.81. The molecule has 0 spiro atoms. The van der Waals surface area contributed by atoms with Crippen molar-refractivity contribution in [2.45, 2.75) is 25.4 Å². The Labute approximate surface area is 83.5 Å². The number of aliphatic hydroxyl groups excluding tert-OH is 1. The smallest absolute Gasteiger partial charge is 0.0715 e. The second-order valence-electron chi connectivity index (χ2n) is 3.76. The van der Waals surface area contributed by atoms with E-state index in [4.69, 9.17) is 4.74 Å². The quantitative estimate of drug-likeness (QED) is 0.761. The van der Waals surface area contributed by atoms with Gasteiger partial charge in [0.05, 0.1) is 12.3 Å². The van der Waals surface area contributed by atoms with Crippen LogP contribution in [0.4, 0.5) is 0 Å². The molecule has 1 aromatic heterocycles. The van der Waals surface area contributed by atoms with Gasteiger partial charge in [-0.3, -0.25) is 4.68 Å². The molecule has 14 heavy (non-hydrogen) atoms. The maximum Gasteiger partial charge on any atom is 0.0715 e. The Balaban J connectivity index is 2.20. The number of aryl methyl sites for hydroxylation is 1. The summed E-state index contributed by atoms with van der Waals surface area (Å²) in [6.07, 6.45) is 3.93. The fourth-order valence-electron chi connectivity index (χ4n) is 1.99. The number of rotatable bonds is 2. The Morgan fingerprint density at radius 1 is 1.57 bits per heavy atom. The average molecular weight is 196 g/mol. The first-order valence-corrected chi connectivity index (χ1v) is 5.02. The molecule has 1 aromatic rings. The molecule has 1 saturated heterocycles. The Bertz CT molecular complexity index is 303. The van der Waals surface area contributed by atoms with Gasteiger partial charge < -0.3 is 9.84 Å². The third-order valence-electron chi connectivity index (χ3n) is 2.72. The van der Waals surface area contributed by atoms with Crippen LogP contribution < -0.4 is 0 Å². The number of aromatic nitrogens is 2. The van der Waals surface area contributed by atoms with Crippen molar-refractivity contribution < 1.29 is 9.84 Å². The van der Waals surface area contributed by atoms with Crippen molar-refractivity contribution in [3.63, 3.8) is 0 Å². The van der Waals surface area contributed by atoms with Crippen molar-refractivity contribution in [3.05, 3.63) is 17.5 Å². The van der Waals surface area contributed by atoms with Crippen LogP contribution in [-0.2, 0) is 18.4 Å². The van der Waals surface area contributed by atoms with E-state index in [9.17, 15) is 5.11 Å². The van der Waals surface area contributed by atoms with Crippen molar-refractivity contribution in [2.24, 2.45) is 7.05 Å². The van der Waals surface area contributed by atoms with Gasteiger partial charge in [-0.2, -0.15) is 5.10 Å². The topological polar surface area (TPSA) is 47.3 Å². The van der Waals surface area contributed by atoms with Gasteiger partial charge in [0.15, 0.2) is 0 Å². The fraction of sp³-hybridized carbons (Fsp3) is 0.700. The lowest BCUT2D eigenvalue weighted by Gasteiger charge is -2.21. The van der Waals surface area contributed by atoms with E-state index in [-0.39, 0.29) is 6.61 Å². The summed E-state index contributed by atoms with van der Waals surface area (Å²) >= 11 is 0. The van der Waals surface area contributed by atoms with E-state index in [1.165, 1.54) is 0 Å². The van der Waals surface area contributed by atoms with Gasteiger partial charge in [0.25, 0.3) is 0 Å². The molecule has 0 amide bonds. The molecule has 1 aliphatic heterocycles. The van der Waals surface area contributed by atoms with Crippen LogP contribution in [0.2, 0.25) is 0 Å². The summed E-state index contributed by atoms with van der Waals surface area (Å²) in [5, 5.41) is 13.6. The van der Waals surface area contributed by atoms with Crippen LogP contribution in [-0.4, -0.2) is 28.1 Å². The summed E-state index contributed by atoms with van der Waals surface area (Å²) in [4.78, 5) is 0. The van der Waals surface area contributed by atoms with Gasteiger partial charge in [-0.1, -0.05) is 0 Å². The standard InChI is InChI=1S/C10H16N2O2/c1-12-6-9(7-13)10(11-12)8-2-4-14-5-3-8/h6,8,13H,2-5,7H2,1H3. The van der Waals surface area contributed by atoms with Gasteiger partial charge in [0, 0.05) is 37.9 Å². The summed E-state index contributed by atoms with van der Waals surface area (Å²) in [5.74, 6) is 0.465.